The van der Waals surface area contributed by atoms with E-state index in [9.17, 15) is 13.2 Å². The molecule has 2 saturated heterocycles. The average Bonchev–Trinajstić information content (AvgIpc) is 2.39. The Balaban J connectivity index is 1.99. The molecule has 0 bridgehead atoms. The van der Waals surface area contributed by atoms with Crippen molar-refractivity contribution in [2.45, 2.75) is 17.9 Å². The van der Waals surface area contributed by atoms with Crippen molar-refractivity contribution in [3.05, 3.63) is 0 Å². The van der Waals surface area contributed by atoms with E-state index in [0.717, 1.165) is 12.3 Å². The molecule has 1 amide bonds. The molecule has 2 aliphatic rings. The van der Waals surface area contributed by atoms with Gasteiger partial charge in [-0.1, -0.05) is 0 Å². The van der Waals surface area contributed by atoms with Gasteiger partial charge in [-0.05, 0) is 0 Å². The maximum atomic E-state index is 12.3. The molecular weight excluding hydrogens is 288 g/mol. The van der Waals surface area contributed by atoms with Gasteiger partial charge in [-0.25, -0.2) is 8.42 Å². The monoisotopic (exact) mass is 308 g/mol. The number of amides is 1. The third kappa shape index (κ3) is 4.08. The molecule has 2 aliphatic heterocycles. The van der Waals surface area contributed by atoms with E-state index in [-0.39, 0.29) is 18.4 Å². The molecule has 0 radical (unpaired) electrons. The Morgan fingerprint density at radius 3 is 2.95 bits per heavy atom. The van der Waals surface area contributed by atoms with Crippen LogP contribution in [0.25, 0.3) is 0 Å². The highest BCUT2D eigenvalue weighted by Crippen LogP contribution is 2.21. The summed E-state index contributed by atoms with van der Waals surface area (Å²) in [6.45, 7) is 2.56. The zero-order valence-corrected chi connectivity index (χ0v) is 12.6. The second-order valence-corrected chi connectivity index (χ2v) is 8.20. The van der Waals surface area contributed by atoms with Crippen LogP contribution in [0.1, 0.15) is 6.42 Å². The Bertz CT molecular complexity index is 420. The smallest absolute Gasteiger partial charge is 0.226 e. The highest BCUT2D eigenvalue weighted by atomic mass is 32.2. The minimum absolute atomic E-state index is 0.121. The standard InChI is InChI=1S/C11H20N2O4S2/c1-19(15,16)11-8-18-5-3-13(11)10(14)6-9-7-12-2-4-17-9/h9,11-12H,2-8H2,1H3. The lowest BCUT2D eigenvalue weighted by Crippen LogP contribution is -2.51. The van der Waals surface area contributed by atoms with Gasteiger partial charge in [-0.15, -0.1) is 0 Å². The summed E-state index contributed by atoms with van der Waals surface area (Å²) >= 11 is 1.58. The van der Waals surface area contributed by atoms with Gasteiger partial charge in [0, 0.05) is 37.4 Å². The lowest BCUT2D eigenvalue weighted by atomic mass is 10.2. The van der Waals surface area contributed by atoms with Gasteiger partial charge in [0.2, 0.25) is 5.91 Å². The lowest BCUT2D eigenvalue weighted by Gasteiger charge is -2.35. The molecule has 0 spiro atoms. The van der Waals surface area contributed by atoms with E-state index in [2.05, 4.69) is 5.32 Å². The fourth-order valence-corrected chi connectivity index (χ4v) is 5.12. The quantitative estimate of drug-likeness (QED) is 0.744. The van der Waals surface area contributed by atoms with Crippen LogP contribution in [0, 0.1) is 0 Å². The SMILES string of the molecule is CS(=O)(=O)C1CSCCN1C(=O)CC1CNCCO1. The molecule has 2 fully saturated rings. The van der Waals surface area contributed by atoms with Crippen LogP contribution in [0.3, 0.4) is 0 Å². The van der Waals surface area contributed by atoms with Crippen molar-refractivity contribution in [2.24, 2.45) is 0 Å². The van der Waals surface area contributed by atoms with Crippen molar-refractivity contribution in [3.8, 4) is 0 Å². The van der Waals surface area contributed by atoms with Gasteiger partial charge < -0.3 is 15.0 Å². The molecule has 1 N–H and O–H groups in total. The lowest BCUT2D eigenvalue weighted by molar-refractivity contribution is -0.135. The maximum Gasteiger partial charge on any atom is 0.226 e. The number of hydrogen-bond donors (Lipinski definition) is 1. The van der Waals surface area contributed by atoms with Crippen LogP contribution in [0.5, 0.6) is 0 Å². The van der Waals surface area contributed by atoms with Crippen LogP contribution in [0.15, 0.2) is 0 Å². The maximum absolute atomic E-state index is 12.3. The summed E-state index contributed by atoms with van der Waals surface area (Å²) in [7, 11) is -3.23. The largest absolute Gasteiger partial charge is 0.375 e. The highest BCUT2D eigenvalue weighted by Gasteiger charge is 2.35. The van der Waals surface area contributed by atoms with Crippen molar-refractivity contribution in [3.63, 3.8) is 0 Å². The summed E-state index contributed by atoms with van der Waals surface area (Å²) in [5, 5.41) is 2.48. The van der Waals surface area contributed by atoms with E-state index in [4.69, 9.17) is 4.74 Å². The first-order valence-electron chi connectivity index (χ1n) is 6.37. The second-order valence-electron chi connectivity index (χ2n) is 4.85. The number of sulfone groups is 1. The Morgan fingerprint density at radius 1 is 1.53 bits per heavy atom. The normalized spacial score (nSPS) is 29.2. The van der Waals surface area contributed by atoms with Crippen molar-refractivity contribution in [1.82, 2.24) is 10.2 Å². The predicted octanol–water partition coefficient (Wildman–Crippen LogP) is -0.689. The number of morpholine rings is 1. The van der Waals surface area contributed by atoms with Crippen LogP contribution in [0.2, 0.25) is 0 Å². The summed E-state index contributed by atoms with van der Waals surface area (Å²) in [6.07, 6.45) is 1.31. The number of carbonyl (C=O) groups is 1. The highest BCUT2D eigenvalue weighted by molar-refractivity contribution is 8.00. The summed E-state index contributed by atoms with van der Waals surface area (Å²) in [6, 6.07) is 0. The van der Waals surface area contributed by atoms with Gasteiger partial charge in [0.1, 0.15) is 5.37 Å². The molecule has 0 aromatic rings. The van der Waals surface area contributed by atoms with E-state index >= 15 is 0 Å². The van der Waals surface area contributed by atoms with Crippen LogP contribution in [0.4, 0.5) is 0 Å². The van der Waals surface area contributed by atoms with Gasteiger partial charge in [0.05, 0.1) is 19.1 Å². The van der Waals surface area contributed by atoms with E-state index in [1.54, 1.807) is 11.8 Å². The minimum Gasteiger partial charge on any atom is -0.375 e. The van der Waals surface area contributed by atoms with Gasteiger partial charge in [-0.3, -0.25) is 4.79 Å². The molecule has 0 aliphatic carbocycles. The number of hydrogen-bond acceptors (Lipinski definition) is 6. The summed E-state index contributed by atoms with van der Waals surface area (Å²) in [5.74, 6) is 1.14. The van der Waals surface area contributed by atoms with Crippen LogP contribution in [-0.2, 0) is 19.4 Å². The summed E-state index contributed by atoms with van der Waals surface area (Å²) < 4.78 is 29.0. The average molecular weight is 308 g/mol. The van der Waals surface area contributed by atoms with Gasteiger partial charge in [0.25, 0.3) is 0 Å². The number of nitrogens with one attached hydrogen (secondary N) is 1. The van der Waals surface area contributed by atoms with E-state index in [0.29, 0.717) is 25.4 Å². The first-order valence-corrected chi connectivity index (χ1v) is 9.48. The van der Waals surface area contributed by atoms with Gasteiger partial charge in [0.15, 0.2) is 9.84 Å². The zero-order valence-electron chi connectivity index (χ0n) is 11.0. The minimum atomic E-state index is -3.23. The first kappa shape index (κ1) is 15.1. The number of rotatable bonds is 3. The van der Waals surface area contributed by atoms with Gasteiger partial charge in [-0.2, -0.15) is 11.8 Å². The third-order valence-corrected chi connectivity index (χ3v) is 5.95. The second kappa shape index (κ2) is 6.43. The van der Waals surface area contributed by atoms with Crippen molar-refractivity contribution >= 4 is 27.5 Å². The fourth-order valence-electron chi connectivity index (χ4n) is 2.28. The van der Waals surface area contributed by atoms with Crippen molar-refractivity contribution in [2.75, 3.05) is 44.0 Å². The molecule has 0 saturated carbocycles. The molecule has 19 heavy (non-hydrogen) atoms. The Morgan fingerprint density at radius 2 is 2.32 bits per heavy atom. The van der Waals surface area contributed by atoms with E-state index < -0.39 is 15.2 Å². The Hall–Kier alpha value is -0.310. The van der Waals surface area contributed by atoms with Crippen LogP contribution < -0.4 is 5.32 Å². The topological polar surface area (TPSA) is 75.7 Å². The molecule has 0 aromatic heterocycles. The molecule has 2 unspecified atom stereocenters. The van der Waals surface area contributed by atoms with Crippen molar-refractivity contribution in [1.29, 1.82) is 0 Å². The fraction of sp³-hybridized carbons (Fsp3) is 0.909. The van der Waals surface area contributed by atoms with Crippen LogP contribution in [-0.4, -0.2) is 74.7 Å². The molecule has 8 heteroatoms. The molecule has 2 heterocycles. The number of thioether (sulfide) groups is 1. The molecule has 6 nitrogen and oxygen atoms in total. The first-order chi connectivity index (χ1) is 8.98. The Kier molecular flexibility index (Phi) is 5.10. The summed E-state index contributed by atoms with van der Waals surface area (Å²) in [5.41, 5.74) is 0. The molecular formula is C11H20N2O4S2. The third-order valence-electron chi connectivity index (χ3n) is 3.31. The van der Waals surface area contributed by atoms with Crippen LogP contribution >= 0.6 is 11.8 Å². The molecule has 2 rings (SSSR count). The number of nitrogens with zero attached hydrogens (tertiary/aromatic N) is 1. The summed E-state index contributed by atoms with van der Waals surface area (Å²) in [4.78, 5) is 13.8. The van der Waals surface area contributed by atoms with Gasteiger partial charge >= 0.3 is 0 Å². The molecule has 0 aromatic carbocycles. The van der Waals surface area contributed by atoms with Crippen molar-refractivity contribution < 1.29 is 17.9 Å². The number of carbonyl (C=O) groups excluding carboxylic acids is 1. The molecule has 110 valence electrons. The molecule has 2 atom stereocenters. The van der Waals surface area contributed by atoms with E-state index in [1.165, 1.54) is 11.2 Å². The Labute approximate surface area is 118 Å². The van der Waals surface area contributed by atoms with E-state index in [1.807, 2.05) is 0 Å². The number of ether oxygens (including phenoxy) is 1. The zero-order chi connectivity index (χ0) is 13.9. The predicted molar refractivity (Wildman–Crippen MR) is 74.9 cm³/mol.